The summed E-state index contributed by atoms with van der Waals surface area (Å²) in [6, 6.07) is 1.87. The molecule has 6 nitrogen and oxygen atoms in total. The first-order valence-electron chi connectivity index (χ1n) is 5.31. The van der Waals surface area contributed by atoms with Crippen LogP contribution in [-0.4, -0.2) is 30.1 Å². The summed E-state index contributed by atoms with van der Waals surface area (Å²) in [5.41, 5.74) is 7.58. The Hall–Kier alpha value is -2.08. The van der Waals surface area contributed by atoms with Crippen LogP contribution >= 0.6 is 0 Å². The fourth-order valence-corrected chi connectivity index (χ4v) is 1.38. The SMILES string of the molecule is COc1cc(C)c(C)cc1NC(=O)C(N)C(=O)O. The number of hydrogen-bond donors (Lipinski definition) is 3. The summed E-state index contributed by atoms with van der Waals surface area (Å²) in [6.07, 6.45) is 0. The molecule has 1 aromatic rings. The number of aliphatic carboxylic acids is 1. The molecule has 98 valence electrons. The van der Waals surface area contributed by atoms with Gasteiger partial charge in [0.1, 0.15) is 5.75 Å². The van der Waals surface area contributed by atoms with Crippen molar-refractivity contribution < 1.29 is 19.4 Å². The van der Waals surface area contributed by atoms with E-state index in [0.717, 1.165) is 11.1 Å². The second-order valence-electron chi connectivity index (χ2n) is 3.94. The third kappa shape index (κ3) is 2.98. The molecule has 1 rings (SSSR count). The fraction of sp³-hybridized carbons (Fsp3) is 0.333. The summed E-state index contributed by atoms with van der Waals surface area (Å²) in [5, 5.41) is 11.1. The Morgan fingerprint density at radius 3 is 2.39 bits per heavy atom. The molecule has 6 heteroatoms. The molecule has 1 amide bonds. The van der Waals surface area contributed by atoms with Crippen LogP contribution in [0.5, 0.6) is 5.75 Å². The zero-order valence-corrected chi connectivity index (χ0v) is 10.5. The van der Waals surface area contributed by atoms with Gasteiger partial charge in [-0.15, -0.1) is 0 Å². The van der Waals surface area contributed by atoms with Crippen molar-refractivity contribution in [1.29, 1.82) is 0 Å². The Kier molecular flexibility index (Phi) is 4.28. The highest BCUT2D eigenvalue weighted by Gasteiger charge is 2.22. The Bertz CT molecular complexity index is 485. The first-order chi connectivity index (χ1) is 8.36. The lowest BCUT2D eigenvalue weighted by atomic mass is 10.1. The van der Waals surface area contributed by atoms with E-state index in [9.17, 15) is 9.59 Å². The molecule has 0 aliphatic heterocycles. The van der Waals surface area contributed by atoms with E-state index in [1.807, 2.05) is 13.8 Å². The van der Waals surface area contributed by atoms with E-state index in [-0.39, 0.29) is 0 Å². The molecular weight excluding hydrogens is 236 g/mol. The number of carbonyl (C=O) groups excluding carboxylic acids is 1. The Morgan fingerprint density at radius 1 is 1.33 bits per heavy atom. The second-order valence-corrected chi connectivity index (χ2v) is 3.94. The predicted molar refractivity (Wildman–Crippen MR) is 66.7 cm³/mol. The lowest BCUT2D eigenvalue weighted by molar-refractivity contribution is -0.141. The van der Waals surface area contributed by atoms with E-state index in [4.69, 9.17) is 15.6 Å². The predicted octanol–water partition coefficient (Wildman–Crippen LogP) is 0.662. The normalized spacial score (nSPS) is 11.8. The number of aryl methyl sites for hydroxylation is 2. The van der Waals surface area contributed by atoms with Gasteiger partial charge in [0.05, 0.1) is 12.8 Å². The molecule has 18 heavy (non-hydrogen) atoms. The number of rotatable bonds is 4. The number of methoxy groups -OCH3 is 1. The zero-order valence-electron chi connectivity index (χ0n) is 10.5. The highest BCUT2D eigenvalue weighted by molar-refractivity contribution is 6.08. The van der Waals surface area contributed by atoms with Crippen molar-refractivity contribution >= 4 is 17.6 Å². The average molecular weight is 252 g/mol. The summed E-state index contributed by atoms with van der Waals surface area (Å²) in [6.45, 7) is 3.79. The summed E-state index contributed by atoms with van der Waals surface area (Å²) < 4.78 is 5.12. The van der Waals surface area contributed by atoms with Crippen molar-refractivity contribution in [3.8, 4) is 5.75 Å². The number of carboxylic acids is 1. The largest absolute Gasteiger partial charge is 0.495 e. The number of amides is 1. The molecule has 0 heterocycles. The molecule has 0 bridgehead atoms. The minimum atomic E-state index is -1.60. The Balaban J connectivity index is 3.00. The molecule has 0 aliphatic rings. The van der Waals surface area contributed by atoms with Crippen molar-refractivity contribution in [2.75, 3.05) is 12.4 Å². The first kappa shape index (κ1) is 14.0. The number of hydrogen-bond acceptors (Lipinski definition) is 4. The molecule has 0 spiro atoms. The van der Waals surface area contributed by atoms with Crippen LogP contribution < -0.4 is 15.8 Å². The number of ether oxygens (including phenoxy) is 1. The van der Waals surface area contributed by atoms with Gasteiger partial charge in [-0.25, -0.2) is 4.79 Å². The summed E-state index contributed by atoms with van der Waals surface area (Å²) in [7, 11) is 1.47. The lowest BCUT2D eigenvalue weighted by Crippen LogP contribution is -2.42. The van der Waals surface area contributed by atoms with Crippen LogP contribution in [0.2, 0.25) is 0 Å². The highest BCUT2D eigenvalue weighted by atomic mass is 16.5. The van der Waals surface area contributed by atoms with Crippen LogP contribution in [0.3, 0.4) is 0 Å². The maximum absolute atomic E-state index is 11.5. The van der Waals surface area contributed by atoms with E-state index in [1.54, 1.807) is 12.1 Å². The highest BCUT2D eigenvalue weighted by Crippen LogP contribution is 2.27. The van der Waals surface area contributed by atoms with Crippen molar-refractivity contribution in [3.05, 3.63) is 23.3 Å². The van der Waals surface area contributed by atoms with Crippen LogP contribution in [0, 0.1) is 13.8 Å². The minimum Gasteiger partial charge on any atom is -0.495 e. The van der Waals surface area contributed by atoms with E-state index in [1.165, 1.54) is 7.11 Å². The van der Waals surface area contributed by atoms with Crippen LogP contribution in [-0.2, 0) is 9.59 Å². The van der Waals surface area contributed by atoms with Crippen molar-refractivity contribution in [1.82, 2.24) is 0 Å². The van der Waals surface area contributed by atoms with E-state index in [2.05, 4.69) is 5.32 Å². The molecule has 0 saturated heterocycles. The summed E-state index contributed by atoms with van der Waals surface area (Å²) >= 11 is 0. The fourth-order valence-electron chi connectivity index (χ4n) is 1.38. The Labute approximate surface area is 105 Å². The molecule has 0 saturated carbocycles. The van der Waals surface area contributed by atoms with Crippen LogP contribution in [0.25, 0.3) is 0 Å². The number of nitrogens with two attached hydrogens (primary N) is 1. The van der Waals surface area contributed by atoms with E-state index < -0.39 is 17.9 Å². The monoisotopic (exact) mass is 252 g/mol. The smallest absolute Gasteiger partial charge is 0.330 e. The molecule has 0 fully saturated rings. The van der Waals surface area contributed by atoms with Crippen molar-refractivity contribution in [2.45, 2.75) is 19.9 Å². The second kappa shape index (κ2) is 5.50. The van der Waals surface area contributed by atoms with Gasteiger partial charge >= 0.3 is 5.97 Å². The number of anilines is 1. The maximum atomic E-state index is 11.5. The lowest BCUT2D eigenvalue weighted by Gasteiger charge is -2.14. The van der Waals surface area contributed by atoms with Gasteiger partial charge < -0.3 is 20.9 Å². The van der Waals surface area contributed by atoms with E-state index >= 15 is 0 Å². The van der Waals surface area contributed by atoms with Crippen molar-refractivity contribution in [2.24, 2.45) is 5.73 Å². The topological polar surface area (TPSA) is 102 Å². The van der Waals surface area contributed by atoms with Gasteiger partial charge in [0.25, 0.3) is 5.91 Å². The molecule has 4 N–H and O–H groups in total. The van der Waals surface area contributed by atoms with Crippen LogP contribution in [0.1, 0.15) is 11.1 Å². The van der Waals surface area contributed by atoms with Gasteiger partial charge in [0.2, 0.25) is 0 Å². The molecule has 0 aliphatic carbocycles. The number of nitrogens with one attached hydrogen (secondary N) is 1. The number of benzene rings is 1. The first-order valence-corrected chi connectivity index (χ1v) is 5.31. The van der Waals surface area contributed by atoms with Gasteiger partial charge in [-0.05, 0) is 37.1 Å². The van der Waals surface area contributed by atoms with Gasteiger partial charge in [0, 0.05) is 0 Å². The van der Waals surface area contributed by atoms with Crippen LogP contribution in [0.15, 0.2) is 12.1 Å². The third-order valence-corrected chi connectivity index (χ3v) is 2.62. The van der Waals surface area contributed by atoms with Crippen LogP contribution in [0.4, 0.5) is 5.69 Å². The maximum Gasteiger partial charge on any atom is 0.330 e. The van der Waals surface area contributed by atoms with Gasteiger partial charge in [0.15, 0.2) is 6.04 Å². The third-order valence-electron chi connectivity index (χ3n) is 2.62. The van der Waals surface area contributed by atoms with Gasteiger partial charge in [-0.1, -0.05) is 0 Å². The molecule has 0 radical (unpaired) electrons. The molecule has 1 unspecified atom stereocenters. The Morgan fingerprint density at radius 2 is 1.89 bits per heavy atom. The molecule has 1 atom stereocenters. The quantitative estimate of drug-likeness (QED) is 0.683. The van der Waals surface area contributed by atoms with Gasteiger partial charge in [-0.2, -0.15) is 0 Å². The van der Waals surface area contributed by atoms with E-state index in [0.29, 0.717) is 11.4 Å². The number of carbonyl (C=O) groups is 2. The molecule has 1 aromatic carbocycles. The standard InChI is InChI=1S/C12H16N2O4/c1-6-4-8(9(18-3)5-7(6)2)14-11(15)10(13)12(16)17/h4-5,10H,13H2,1-3H3,(H,14,15)(H,16,17). The molecule has 0 aromatic heterocycles. The summed E-state index contributed by atoms with van der Waals surface area (Å²) in [4.78, 5) is 22.1. The number of carboxylic acid groups (broad SMARTS) is 1. The van der Waals surface area contributed by atoms with Crippen molar-refractivity contribution in [3.63, 3.8) is 0 Å². The molecular formula is C12H16N2O4. The van der Waals surface area contributed by atoms with Gasteiger partial charge in [-0.3, -0.25) is 4.79 Å². The zero-order chi connectivity index (χ0) is 13.9. The summed E-state index contributed by atoms with van der Waals surface area (Å²) in [5.74, 6) is -1.71. The average Bonchev–Trinajstić information content (AvgIpc) is 2.32. The minimum absolute atomic E-state index is 0.405.